The van der Waals surface area contributed by atoms with E-state index in [1.807, 2.05) is 6.07 Å². The van der Waals surface area contributed by atoms with Crippen LogP contribution in [0.5, 0.6) is 0 Å². The van der Waals surface area contributed by atoms with E-state index in [4.69, 9.17) is 23.2 Å². The van der Waals surface area contributed by atoms with Crippen molar-refractivity contribution in [2.75, 3.05) is 7.05 Å². The summed E-state index contributed by atoms with van der Waals surface area (Å²) in [7, 11) is 1.74. The molecule has 0 amide bonds. The van der Waals surface area contributed by atoms with Gasteiger partial charge < -0.3 is 5.32 Å². The standard InChI is InChI=1S/C15H13Cl2F2N/c1-20-14(11-3-2-4-12(16)15(11)17)8-9-7-10(18)5-6-13(9)19/h2-7,14,20H,8H2,1H3. The summed E-state index contributed by atoms with van der Waals surface area (Å²) in [5.41, 5.74) is 1.05. The molecule has 0 aliphatic heterocycles. The van der Waals surface area contributed by atoms with Crippen molar-refractivity contribution in [2.45, 2.75) is 12.5 Å². The summed E-state index contributed by atoms with van der Waals surface area (Å²) in [4.78, 5) is 0. The molecule has 0 radical (unpaired) electrons. The van der Waals surface area contributed by atoms with E-state index in [1.165, 1.54) is 6.07 Å². The van der Waals surface area contributed by atoms with Gasteiger partial charge in [0.1, 0.15) is 11.6 Å². The van der Waals surface area contributed by atoms with Crippen molar-refractivity contribution in [3.05, 3.63) is 69.2 Å². The number of likely N-dealkylation sites (N-methyl/N-ethyl adjacent to an activating group) is 1. The maximum absolute atomic E-state index is 13.7. The average Bonchev–Trinajstić information content (AvgIpc) is 2.43. The quantitative estimate of drug-likeness (QED) is 0.856. The Morgan fingerprint density at radius 2 is 1.90 bits per heavy atom. The molecule has 106 valence electrons. The highest BCUT2D eigenvalue weighted by atomic mass is 35.5. The molecule has 1 atom stereocenters. The first-order valence-corrected chi connectivity index (χ1v) is 6.83. The summed E-state index contributed by atoms with van der Waals surface area (Å²) in [5.74, 6) is -0.904. The highest BCUT2D eigenvalue weighted by Crippen LogP contribution is 2.31. The Morgan fingerprint density at radius 1 is 1.15 bits per heavy atom. The minimum absolute atomic E-state index is 0.252. The fraction of sp³-hybridized carbons (Fsp3) is 0.200. The van der Waals surface area contributed by atoms with E-state index in [9.17, 15) is 8.78 Å². The lowest BCUT2D eigenvalue weighted by Gasteiger charge is -2.19. The highest BCUT2D eigenvalue weighted by molar-refractivity contribution is 6.42. The van der Waals surface area contributed by atoms with Crippen LogP contribution in [0.1, 0.15) is 17.2 Å². The Kier molecular flexibility index (Phi) is 4.97. The molecule has 0 saturated heterocycles. The summed E-state index contributed by atoms with van der Waals surface area (Å²) in [5, 5.41) is 3.91. The Morgan fingerprint density at radius 3 is 2.60 bits per heavy atom. The predicted molar refractivity (Wildman–Crippen MR) is 78.3 cm³/mol. The second-order valence-electron chi connectivity index (χ2n) is 4.42. The van der Waals surface area contributed by atoms with Crippen molar-refractivity contribution in [2.24, 2.45) is 0 Å². The fourth-order valence-electron chi connectivity index (χ4n) is 2.08. The maximum Gasteiger partial charge on any atom is 0.126 e. The first kappa shape index (κ1) is 15.2. The molecule has 0 bridgehead atoms. The van der Waals surface area contributed by atoms with Gasteiger partial charge in [-0.3, -0.25) is 0 Å². The van der Waals surface area contributed by atoms with E-state index in [0.717, 1.165) is 17.7 Å². The zero-order valence-corrected chi connectivity index (χ0v) is 12.3. The largest absolute Gasteiger partial charge is 0.313 e. The van der Waals surface area contributed by atoms with E-state index in [1.54, 1.807) is 19.2 Å². The third kappa shape index (κ3) is 3.29. The minimum Gasteiger partial charge on any atom is -0.313 e. The third-order valence-electron chi connectivity index (χ3n) is 3.14. The summed E-state index contributed by atoms with van der Waals surface area (Å²) in [6, 6.07) is 8.43. The zero-order valence-electron chi connectivity index (χ0n) is 10.8. The van der Waals surface area contributed by atoms with Crippen LogP contribution in [-0.2, 0) is 6.42 Å². The summed E-state index contributed by atoms with van der Waals surface area (Å²) in [6.45, 7) is 0. The molecule has 0 heterocycles. The lowest BCUT2D eigenvalue weighted by Crippen LogP contribution is -2.20. The predicted octanol–water partition coefficient (Wildman–Crippen LogP) is 4.77. The summed E-state index contributed by atoms with van der Waals surface area (Å²) < 4.78 is 26.9. The Hall–Kier alpha value is -1.16. The van der Waals surface area contributed by atoms with Crippen molar-refractivity contribution >= 4 is 23.2 Å². The van der Waals surface area contributed by atoms with Crippen molar-refractivity contribution in [3.8, 4) is 0 Å². The van der Waals surface area contributed by atoms with Gasteiger partial charge in [0.2, 0.25) is 0 Å². The second-order valence-corrected chi connectivity index (χ2v) is 5.21. The van der Waals surface area contributed by atoms with Crippen molar-refractivity contribution in [3.63, 3.8) is 0 Å². The van der Waals surface area contributed by atoms with Crippen LogP contribution >= 0.6 is 23.2 Å². The molecule has 1 nitrogen and oxygen atoms in total. The van der Waals surface area contributed by atoms with Gasteiger partial charge in [-0.05, 0) is 48.9 Å². The topological polar surface area (TPSA) is 12.0 Å². The van der Waals surface area contributed by atoms with Gasteiger partial charge >= 0.3 is 0 Å². The van der Waals surface area contributed by atoms with Crippen molar-refractivity contribution in [1.82, 2.24) is 5.32 Å². The van der Waals surface area contributed by atoms with Crippen LogP contribution in [0.2, 0.25) is 10.0 Å². The van der Waals surface area contributed by atoms with E-state index < -0.39 is 11.6 Å². The lowest BCUT2D eigenvalue weighted by molar-refractivity contribution is 0.544. The molecule has 1 N–H and O–H groups in total. The van der Waals surface area contributed by atoms with E-state index in [2.05, 4.69) is 5.32 Å². The monoisotopic (exact) mass is 315 g/mol. The molecular weight excluding hydrogens is 303 g/mol. The molecule has 0 aliphatic carbocycles. The normalized spacial score (nSPS) is 12.4. The first-order chi connectivity index (χ1) is 9.52. The average molecular weight is 316 g/mol. The van der Waals surface area contributed by atoms with Crippen LogP contribution in [0, 0.1) is 11.6 Å². The van der Waals surface area contributed by atoms with Crippen molar-refractivity contribution in [1.29, 1.82) is 0 Å². The van der Waals surface area contributed by atoms with Crippen LogP contribution < -0.4 is 5.32 Å². The van der Waals surface area contributed by atoms with Gasteiger partial charge in [0, 0.05) is 6.04 Å². The number of rotatable bonds is 4. The number of hydrogen-bond acceptors (Lipinski definition) is 1. The molecule has 0 aliphatic rings. The van der Waals surface area contributed by atoms with Crippen molar-refractivity contribution < 1.29 is 8.78 Å². The summed E-state index contributed by atoms with van der Waals surface area (Å²) in [6.07, 6.45) is 0.278. The highest BCUT2D eigenvalue weighted by Gasteiger charge is 2.17. The number of hydrogen-bond donors (Lipinski definition) is 1. The molecule has 2 aromatic rings. The molecular formula is C15H13Cl2F2N. The van der Waals surface area contributed by atoms with Crippen LogP contribution in [0.25, 0.3) is 0 Å². The van der Waals surface area contributed by atoms with Gasteiger partial charge in [-0.25, -0.2) is 8.78 Å². The third-order valence-corrected chi connectivity index (χ3v) is 3.97. The van der Waals surface area contributed by atoms with Crippen LogP contribution in [0.4, 0.5) is 8.78 Å². The number of halogens is 4. The lowest BCUT2D eigenvalue weighted by atomic mass is 9.98. The van der Waals surface area contributed by atoms with Gasteiger partial charge in [-0.1, -0.05) is 35.3 Å². The SMILES string of the molecule is CNC(Cc1cc(F)ccc1F)c1cccc(Cl)c1Cl. The van der Waals surface area contributed by atoms with Crippen LogP contribution in [0.15, 0.2) is 36.4 Å². The van der Waals surface area contributed by atoms with Gasteiger partial charge in [0.25, 0.3) is 0 Å². The molecule has 0 spiro atoms. The molecule has 20 heavy (non-hydrogen) atoms. The molecule has 0 fully saturated rings. The van der Waals surface area contributed by atoms with Crippen LogP contribution in [0.3, 0.4) is 0 Å². The Bertz CT molecular complexity index is 617. The van der Waals surface area contributed by atoms with Gasteiger partial charge in [0.05, 0.1) is 10.0 Å². The van der Waals surface area contributed by atoms with Gasteiger partial charge in [0.15, 0.2) is 0 Å². The molecule has 0 saturated carbocycles. The van der Waals surface area contributed by atoms with Gasteiger partial charge in [-0.2, -0.15) is 0 Å². The Balaban J connectivity index is 2.34. The van der Waals surface area contributed by atoms with Gasteiger partial charge in [-0.15, -0.1) is 0 Å². The minimum atomic E-state index is -0.464. The molecule has 0 aromatic heterocycles. The summed E-state index contributed by atoms with van der Waals surface area (Å²) >= 11 is 12.1. The van der Waals surface area contributed by atoms with Crippen LogP contribution in [-0.4, -0.2) is 7.05 Å². The molecule has 1 unspecified atom stereocenters. The number of benzene rings is 2. The second kappa shape index (κ2) is 6.53. The van der Waals surface area contributed by atoms with E-state index >= 15 is 0 Å². The Labute approximate surface area is 126 Å². The molecule has 5 heteroatoms. The zero-order chi connectivity index (χ0) is 14.7. The molecule has 2 rings (SSSR count). The smallest absolute Gasteiger partial charge is 0.126 e. The molecule has 2 aromatic carbocycles. The fourth-order valence-corrected chi connectivity index (χ4v) is 2.52. The van der Waals surface area contributed by atoms with E-state index in [-0.39, 0.29) is 12.5 Å². The van der Waals surface area contributed by atoms with E-state index in [0.29, 0.717) is 15.6 Å². The maximum atomic E-state index is 13.7. The number of nitrogens with one attached hydrogen (secondary N) is 1. The first-order valence-electron chi connectivity index (χ1n) is 6.08.